The molecule has 5 heteroatoms. The number of carbonyl (C=O) groups excluding carboxylic acids is 1. The summed E-state index contributed by atoms with van der Waals surface area (Å²) in [6, 6.07) is 14.1. The summed E-state index contributed by atoms with van der Waals surface area (Å²) < 4.78 is 0. The second-order valence-corrected chi connectivity index (χ2v) is 5.28. The minimum atomic E-state index is -0.996. The van der Waals surface area contributed by atoms with Gasteiger partial charge >= 0.3 is 12.0 Å². The maximum atomic E-state index is 12.6. The fraction of sp³-hybridized carbons (Fsp3) is 0.176. The zero-order chi connectivity index (χ0) is 15.7. The lowest BCUT2D eigenvalue weighted by atomic mass is 10.2. The van der Waals surface area contributed by atoms with Gasteiger partial charge in [-0.2, -0.15) is 0 Å². The van der Waals surface area contributed by atoms with E-state index in [-0.39, 0.29) is 11.6 Å². The largest absolute Gasteiger partial charge is 0.478 e. The third kappa shape index (κ3) is 2.53. The highest BCUT2D eigenvalue weighted by Gasteiger charge is 2.30. The monoisotopic (exact) mass is 296 g/mol. The number of hydrogen-bond acceptors (Lipinski definition) is 2. The van der Waals surface area contributed by atoms with Gasteiger partial charge in [-0.15, -0.1) is 0 Å². The van der Waals surface area contributed by atoms with Crippen molar-refractivity contribution < 1.29 is 14.7 Å². The highest BCUT2D eigenvalue weighted by atomic mass is 16.4. The lowest BCUT2D eigenvalue weighted by Gasteiger charge is -2.19. The second-order valence-electron chi connectivity index (χ2n) is 5.28. The van der Waals surface area contributed by atoms with E-state index < -0.39 is 5.97 Å². The smallest absolute Gasteiger partial charge is 0.335 e. The molecule has 0 atom stereocenters. The maximum Gasteiger partial charge on any atom is 0.335 e. The standard InChI is InChI=1S/C17H16N2O3/c1-12-5-7-14(8-6-12)18-9-10-19(17(18)22)15-4-2-3-13(11-15)16(20)21/h2-8,11H,9-10H2,1H3,(H,20,21). The van der Waals surface area contributed by atoms with Crippen LogP contribution >= 0.6 is 0 Å². The van der Waals surface area contributed by atoms with Crippen molar-refractivity contribution in [3.63, 3.8) is 0 Å². The molecule has 1 heterocycles. The number of rotatable bonds is 3. The number of carbonyl (C=O) groups is 2. The second kappa shape index (κ2) is 5.52. The summed E-state index contributed by atoms with van der Waals surface area (Å²) in [6.07, 6.45) is 0. The molecular formula is C17H16N2O3. The summed E-state index contributed by atoms with van der Waals surface area (Å²) in [6.45, 7) is 3.12. The third-order valence-electron chi connectivity index (χ3n) is 3.76. The Morgan fingerprint density at radius 2 is 1.64 bits per heavy atom. The summed E-state index contributed by atoms with van der Waals surface area (Å²) in [5.74, 6) is -0.996. The Hall–Kier alpha value is -2.82. The van der Waals surface area contributed by atoms with Gasteiger partial charge in [0.2, 0.25) is 0 Å². The first-order valence-corrected chi connectivity index (χ1v) is 7.05. The average molecular weight is 296 g/mol. The fourth-order valence-corrected chi connectivity index (χ4v) is 2.55. The fourth-order valence-electron chi connectivity index (χ4n) is 2.55. The molecule has 2 aromatic carbocycles. The van der Waals surface area contributed by atoms with Crippen molar-refractivity contribution in [2.45, 2.75) is 6.92 Å². The average Bonchev–Trinajstić information content (AvgIpc) is 2.90. The number of nitrogens with zero attached hydrogens (tertiary/aromatic N) is 2. The van der Waals surface area contributed by atoms with Gasteiger partial charge in [0.15, 0.2) is 0 Å². The van der Waals surface area contributed by atoms with Gasteiger partial charge in [-0.05, 0) is 37.3 Å². The molecule has 1 N–H and O–H groups in total. The van der Waals surface area contributed by atoms with Crippen LogP contribution in [0.15, 0.2) is 48.5 Å². The topological polar surface area (TPSA) is 60.9 Å². The number of carboxylic acids is 1. The van der Waals surface area contributed by atoms with Crippen molar-refractivity contribution in [2.24, 2.45) is 0 Å². The first kappa shape index (κ1) is 14.1. The summed E-state index contributed by atoms with van der Waals surface area (Å²) in [7, 11) is 0. The Bertz CT molecular complexity index is 725. The van der Waals surface area contributed by atoms with Crippen molar-refractivity contribution in [2.75, 3.05) is 22.9 Å². The minimum absolute atomic E-state index is 0.133. The number of hydrogen-bond donors (Lipinski definition) is 1. The summed E-state index contributed by atoms with van der Waals surface area (Å²) in [5, 5.41) is 9.06. The highest BCUT2D eigenvalue weighted by Crippen LogP contribution is 2.26. The van der Waals surface area contributed by atoms with Crippen molar-refractivity contribution in [3.05, 3.63) is 59.7 Å². The molecule has 112 valence electrons. The highest BCUT2D eigenvalue weighted by molar-refractivity contribution is 6.06. The lowest BCUT2D eigenvalue weighted by Crippen LogP contribution is -2.31. The molecule has 0 spiro atoms. The number of urea groups is 1. The van der Waals surface area contributed by atoms with E-state index in [1.54, 1.807) is 21.9 Å². The van der Waals surface area contributed by atoms with E-state index in [0.717, 1.165) is 11.3 Å². The maximum absolute atomic E-state index is 12.6. The van der Waals surface area contributed by atoms with E-state index >= 15 is 0 Å². The molecular weight excluding hydrogens is 280 g/mol. The molecule has 1 saturated heterocycles. The van der Waals surface area contributed by atoms with Crippen LogP contribution in [0.25, 0.3) is 0 Å². The van der Waals surface area contributed by atoms with Gasteiger partial charge in [-0.25, -0.2) is 9.59 Å². The van der Waals surface area contributed by atoms with Crippen LogP contribution in [0.1, 0.15) is 15.9 Å². The predicted octanol–water partition coefficient (Wildman–Crippen LogP) is 3.14. The Balaban J connectivity index is 1.86. The molecule has 5 nitrogen and oxygen atoms in total. The van der Waals surface area contributed by atoms with Gasteiger partial charge in [0.1, 0.15) is 0 Å². The van der Waals surface area contributed by atoms with Crippen LogP contribution in [0.4, 0.5) is 16.2 Å². The number of anilines is 2. The van der Waals surface area contributed by atoms with Crippen LogP contribution < -0.4 is 9.80 Å². The molecule has 0 aromatic heterocycles. The quantitative estimate of drug-likeness (QED) is 0.946. The Morgan fingerprint density at radius 1 is 1.00 bits per heavy atom. The van der Waals surface area contributed by atoms with Crippen LogP contribution in [0, 0.1) is 6.92 Å². The molecule has 2 amide bonds. The minimum Gasteiger partial charge on any atom is -0.478 e. The van der Waals surface area contributed by atoms with Crippen molar-refractivity contribution in [1.82, 2.24) is 0 Å². The van der Waals surface area contributed by atoms with E-state index in [1.165, 1.54) is 12.1 Å². The normalized spacial score (nSPS) is 14.5. The summed E-state index contributed by atoms with van der Waals surface area (Å²) in [5.41, 5.74) is 2.78. The SMILES string of the molecule is Cc1ccc(N2CCN(c3cccc(C(=O)O)c3)C2=O)cc1. The van der Waals surface area contributed by atoms with E-state index in [4.69, 9.17) is 5.11 Å². The van der Waals surface area contributed by atoms with Gasteiger partial charge < -0.3 is 5.11 Å². The van der Waals surface area contributed by atoms with Crippen molar-refractivity contribution in [1.29, 1.82) is 0 Å². The molecule has 0 saturated carbocycles. The van der Waals surface area contributed by atoms with Gasteiger partial charge in [0.25, 0.3) is 0 Å². The molecule has 22 heavy (non-hydrogen) atoms. The number of carboxylic acid groups (broad SMARTS) is 1. The molecule has 1 fully saturated rings. The number of benzene rings is 2. The Kier molecular flexibility index (Phi) is 3.55. The summed E-state index contributed by atoms with van der Waals surface area (Å²) in [4.78, 5) is 26.9. The lowest BCUT2D eigenvalue weighted by molar-refractivity contribution is 0.0697. The molecule has 0 aliphatic carbocycles. The summed E-state index contributed by atoms with van der Waals surface area (Å²) >= 11 is 0. The van der Waals surface area contributed by atoms with Crippen LogP contribution in [-0.4, -0.2) is 30.2 Å². The van der Waals surface area contributed by atoms with E-state index in [1.807, 2.05) is 31.2 Å². The number of amides is 2. The molecule has 1 aliphatic rings. The Morgan fingerprint density at radius 3 is 2.27 bits per heavy atom. The molecule has 0 unspecified atom stereocenters. The van der Waals surface area contributed by atoms with Crippen LogP contribution in [0.5, 0.6) is 0 Å². The first-order valence-electron chi connectivity index (χ1n) is 7.05. The molecule has 1 aliphatic heterocycles. The predicted molar refractivity (Wildman–Crippen MR) is 84.7 cm³/mol. The zero-order valence-corrected chi connectivity index (χ0v) is 12.2. The number of aryl methyl sites for hydroxylation is 1. The van der Waals surface area contributed by atoms with Gasteiger partial charge in [0.05, 0.1) is 5.56 Å². The zero-order valence-electron chi connectivity index (χ0n) is 12.2. The van der Waals surface area contributed by atoms with E-state index in [0.29, 0.717) is 18.8 Å². The number of aromatic carboxylic acids is 1. The third-order valence-corrected chi connectivity index (χ3v) is 3.76. The van der Waals surface area contributed by atoms with E-state index in [2.05, 4.69) is 0 Å². The molecule has 3 rings (SSSR count). The molecule has 2 aromatic rings. The van der Waals surface area contributed by atoms with Crippen LogP contribution in [-0.2, 0) is 0 Å². The van der Waals surface area contributed by atoms with Crippen molar-refractivity contribution in [3.8, 4) is 0 Å². The van der Waals surface area contributed by atoms with Crippen molar-refractivity contribution >= 4 is 23.4 Å². The van der Waals surface area contributed by atoms with Gasteiger partial charge in [-0.3, -0.25) is 9.80 Å². The van der Waals surface area contributed by atoms with Crippen LogP contribution in [0.2, 0.25) is 0 Å². The van der Waals surface area contributed by atoms with Gasteiger partial charge in [0, 0.05) is 24.5 Å². The first-order chi connectivity index (χ1) is 10.6. The molecule has 0 radical (unpaired) electrons. The van der Waals surface area contributed by atoms with E-state index in [9.17, 15) is 9.59 Å². The van der Waals surface area contributed by atoms with Crippen LogP contribution in [0.3, 0.4) is 0 Å². The molecule has 0 bridgehead atoms. The Labute approximate surface area is 128 Å². The van der Waals surface area contributed by atoms with Gasteiger partial charge in [-0.1, -0.05) is 23.8 Å².